The van der Waals surface area contributed by atoms with Crippen LogP contribution >= 0.6 is 0 Å². The van der Waals surface area contributed by atoms with Crippen molar-refractivity contribution in [2.75, 3.05) is 13.1 Å². The molecule has 100 valence electrons. The van der Waals surface area contributed by atoms with Crippen LogP contribution in [0, 0.1) is 5.41 Å². The van der Waals surface area contributed by atoms with Crippen molar-refractivity contribution < 1.29 is 4.79 Å². The molecule has 1 amide bonds. The third kappa shape index (κ3) is 7.60. The molecule has 0 aliphatic heterocycles. The second-order valence-corrected chi connectivity index (χ2v) is 4.94. The predicted molar refractivity (Wildman–Crippen MR) is 71.6 cm³/mol. The third-order valence-corrected chi connectivity index (χ3v) is 2.65. The highest BCUT2D eigenvalue weighted by Gasteiger charge is 2.24. The van der Waals surface area contributed by atoms with E-state index in [4.69, 9.17) is 11.5 Å². The summed E-state index contributed by atoms with van der Waals surface area (Å²) in [5, 5.41) is 3.03. The van der Waals surface area contributed by atoms with Gasteiger partial charge in [-0.3, -0.25) is 9.79 Å². The summed E-state index contributed by atoms with van der Waals surface area (Å²) in [6.45, 7) is 6.83. The molecule has 17 heavy (non-hydrogen) atoms. The number of nitrogens with one attached hydrogen (secondary N) is 1. The summed E-state index contributed by atoms with van der Waals surface area (Å²) < 4.78 is 0. The molecule has 0 fully saturated rings. The highest BCUT2D eigenvalue weighted by molar-refractivity contribution is 5.81. The van der Waals surface area contributed by atoms with Crippen molar-refractivity contribution in [3.63, 3.8) is 0 Å². The van der Waals surface area contributed by atoms with Gasteiger partial charge in [-0.05, 0) is 20.3 Å². The molecule has 0 unspecified atom stereocenters. The fraction of sp³-hybridized carbons (Fsp3) is 0.833. The topological polar surface area (TPSA) is 93.5 Å². The summed E-state index contributed by atoms with van der Waals surface area (Å²) >= 11 is 0. The van der Waals surface area contributed by atoms with Crippen molar-refractivity contribution in [2.45, 2.75) is 46.5 Å². The Morgan fingerprint density at radius 3 is 2.41 bits per heavy atom. The van der Waals surface area contributed by atoms with Gasteiger partial charge in [-0.1, -0.05) is 26.2 Å². The van der Waals surface area contributed by atoms with E-state index in [0.717, 1.165) is 13.0 Å². The molecule has 0 saturated carbocycles. The number of nitrogens with two attached hydrogens (primary N) is 2. The van der Waals surface area contributed by atoms with E-state index in [0.29, 0.717) is 12.5 Å². The Hall–Kier alpha value is -1.26. The van der Waals surface area contributed by atoms with E-state index in [1.807, 2.05) is 0 Å². The summed E-state index contributed by atoms with van der Waals surface area (Å²) in [7, 11) is 0. The monoisotopic (exact) mass is 242 g/mol. The van der Waals surface area contributed by atoms with Gasteiger partial charge in [0.25, 0.3) is 0 Å². The molecule has 0 aliphatic rings. The average Bonchev–Trinajstić information content (AvgIpc) is 2.26. The minimum Gasteiger partial charge on any atom is -0.370 e. The minimum atomic E-state index is -0.644. The van der Waals surface area contributed by atoms with Crippen LogP contribution in [-0.4, -0.2) is 25.0 Å². The molecule has 5 heteroatoms. The molecule has 0 aliphatic carbocycles. The lowest BCUT2D eigenvalue weighted by molar-refractivity contribution is -0.125. The first kappa shape index (κ1) is 15.7. The zero-order valence-electron chi connectivity index (χ0n) is 11.3. The molecule has 0 bridgehead atoms. The number of rotatable bonds is 8. The average molecular weight is 242 g/mol. The van der Waals surface area contributed by atoms with Crippen molar-refractivity contribution in [3.05, 3.63) is 0 Å². The van der Waals surface area contributed by atoms with Gasteiger partial charge < -0.3 is 16.8 Å². The van der Waals surface area contributed by atoms with Gasteiger partial charge in [-0.15, -0.1) is 0 Å². The summed E-state index contributed by atoms with van der Waals surface area (Å²) in [5.74, 6) is 0.0211. The van der Waals surface area contributed by atoms with Crippen molar-refractivity contribution in [3.8, 4) is 0 Å². The van der Waals surface area contributed by atoms with Gasteiger partial charge in [0.2, 0.25) is 5.91 Å². The number of amides is 1. The molecule has 0 heterocycles. The standard InChI is InChI=1S/C12H26N4O/c1-4-5-6-7-8-15-11(14)16-9-12(2,3)10(13)17/h4-9H2,1-3H3,(H2,13,17)(H3,14,15,16). The lowest BCUT2D eigenvalue weighted by Crippen LogP contribution is -2.37. The van der Waals surface area contributed by atoms with Gasteiger partial charge in [0.05, 0.1) is 12.0 Å². The van der Waals surface area contributed by atoms with Crippen LogP contribution < -0.4 is 16.8 Å². The number of hydrogen-bond acceptors (Lipinski definition) is 2. The van der Waals surface area contributed by atoms with Crippen LogP contribution in [0.4, 0.5) is 0 Å². The van der Waals surface area contributed by atoms with Crippen molar-refractivity contribution >= 4 is 11.9 Å². The number of hydrogen-bond donors (Lipinski definition) is 3. The molecule has 0 spiro atoms. The van der Waals surface area contributed by atoms with E-state index in [9.17, 15) is 4.79 Å². The Morgan fingerprint density at radius 1 is 1.24 bits per heavy atom. The van der Waals surface area contributed by atoms with Gasteiger partial charge in [-0.25, -0.2) is 0 Å². The maximum atomic E-state index is 11.1. The number of primary amides is 1. The Kier molecular flexibility index (Phi) is 7.34. The van der Waals surface area contributed by atoms with Crippen LogP contribution in [0.2, 0.25) is 0 Å². The van der Waals surface area contributed by atoms with E-state index in [-0.39, 0.29) is 5.91 Å². The smallest absolute Gasteiger partial charge is 0.224 e. The summed E-state index contributed by atoms with van der Waals surface area (Å²) in [6, 6.07) is 0. The molecule has 5 N–H and O–H groups in total. The van der Waals surface area contributed by atoms with Crippen LogP contribution in [0.1, 0.15) is 46.5 Å². The first-order valence-electron chi connectivity index (χ1n) is 6.24. The highest BCUT2D eigenvalue weighted by atomic mass is 16.1. The zero-order valence-corrected chi connectivity index (χ0v) is 11.3. The van der Waals surface area contributed by atoms with Gasteiger partial charge in [0.15, 0.2) is 5.96 Å². The molecule has 0 rings (SSSR count). The summed E-state index contributed by atoms with van der Waals surface area (Å²) in [4.78, 5) is 15.2. The normalized spacial score (nSPS) is 12.5. The van der Waals surface area contributed by atoms with Gasteiger partial charge in [0.1, 0.15) is 0 Å². The number of nitrogens with zero attached hydrogens (tertiary/aromatic N) is 1. The minimum absolute atomic E-state index is 0.316. The first-order chi connectivity index (χ1) is 7.90. The van der Waals surface area contributed by atoms with Crippen LogP contribution in [0.3, 0.4) is 0 Å². The van der Waals surface area contributed by atoms with Crippen LogP contribution in [0.5, 0.6) is 0 Å². The SMILES string of the molecule is CCCCCCNC(N)=NCC(C)(C)C(N)=O. The van der Waals surface area contributed by atoms with Crippen molar-refractivity contribution in [1.82, 2.24) is 5.32 Å². The molecule has 0 atom stereocenters. The molecule has 0 saturated heterocycles. The van der Waals surface area contributed by atoms with E-state index in [1.54, 1.807) is 13.8 Å². The lowest BCUT2D eigenvalue weighted by atomic mass is 9.93. The number of unbranched alkanes of at least 4 members (excludes halogenated alkanes) is 3. The number of carbonyl (C=O) groups is 1. The highest BCUT2D eigenvalue weighted by Crippen LogP contribution is 2.13. The van der Waals surface area contributed by atoms with E-state index >= 15 is 0 Å². The molecule has 0 aromatic heterocycles. The lowest BCUT2D eigenvalue weighted by Gasteiger charge is -2.17. The van der Waals surface area contributed by atoms with Crippen molar-refractivity contribution in [1.29, 1.82) is 0 Å². The molecular weight excluding hydrogens is 216 g/mol. The van der Waals surface area contributed by atoms with Crippen molar-refractivity contribution in [2.24, 2.45) is 21.9 Å². The van der Waals surface area contributed by atoms with Crippen LogP contribution in [-0.2, 0) is 4.79 Å². The molecular formula is C12H26N4O. The van der Waals surface area contributed by atoms with Crippen LogP contribution in [0.25, 0.3) is 0 Å². The second kappa shape index (κ2) is 7.92. The Labute approximate surface area is 104 Å². The summed E-state index contributed by atoms with van der Waals surface area (Å²) in [5.41, 5.74) is 10.3. The summed E-state index contributed by atoms with van der Waals surface area (Å²) in [6.07, 6.45) is 4.75. The quantitative estimate of drug-likeness (QED) is 0.336. The maximum absolute atomic E-state index is 11.1. The van der Waals surface area contributed by atoms with Crippen LogP contribution in [0.15, 0.2) is 4.99 Å². The zero-order chi connectivity index (χ0) is 13.3. The van der Waals surface area contributed by atoms with E-state index < -0.39 is 5.41 Å². The molecule has 0 aromatic carbocycles. The van der Waals surface area contributed by atoms with Gasteiger partial charge in [0, 0.05) is 6.54 Å². The largest absolute Gasteiger partial charge is 0.370 e. The second-order valence-electron chi connectivity index (χ2n) is 4.94. The molecule has 0 radical (unpaired) electrons. The van der Waals surface area contributed by atoms with Gasteiger partial charge in [-0.2, -0.15) is 0 Å². The fourth-order valence-corrected chi connectivity index (χ4v) is 1.18. The predicted octanol–water partition coefficient (Wildman–Crippen LogP) is 0.983. The first-order valence-corrected chi connectivity index (χ1v) is 6.24. The van der Waals surface area contributed by atoms with E-state index in [2.05, 4.69) is 17.2 Å². The maximum Gasteiger partial charge on any atom is 0.224 e. The Balaban J connectivity index is 3.82. The molecule has 5 nitrogen and oxygen atoms in total. The third-order valence-electron chi connectivity index (χ3n) is 2.65. The Bertz CT molecular complexity index is 261. The molecule has 0 aromatic rings. The number of carbonyl (C=O) groups excluding carboxylic acids is 1. The number of guanidine groups is 1. The van der Waals surface area contributed by atoms with Gasteiger partial charge >= 0.3 is 0 Å². The fourth-order valence-electron chi connectivity index (χ4n) is 1.18. The van der Waals surface area contributed by atoms with E-state index in [1.165, 1.54) is 19.3 Å². The Morgan fingerprint density at radius 2 is 1.88 bits per heavy atom. The number of aliphatic imine (C=N–C) groups is 1.